The lowest BCUT2D eigenvalue weighted by atomic mass is 9.94. The SMILES string of the molecule is NC(=O)c1ccccc1NC1CCCCCC1C(=O)O. The zero-order valence-corrected chi connectivity index (χ0v) is 11.3. The Morgan fingerprint density at radius 2 is 1.85 bits per heavy atom. The molecule has 1 fully saturated rings. The van der Waals surface area contributed by atoms with Gasteiger partial charge in [0.1, 0.15) is 0 Å². The molecule has 0 radical (unpaired) electrons. The molecule has 1 aromatic rings. The number of anilines is 1. The van der Waals surface area contributed by atoms with Gasteiger partial charge >= 0.3 is 5.97 Å². The summed E-state index contributed by atoms with van der Waals surface area (Å²) in [4.78, 5) is 22.8. The van der Waals surface area contributed by atoms with E-state index in [1.165, 1.54) is 0 Å². The number of primary amides is 1. The normalized spacial score (nSPS) is 22.8. The van der Waals surface area contributed by atoms with E-state index < -0.39 is 17.8 Å². The average Bonchev–Trinajstić information content (AvgIpc) is 2.64. The molecule has 0 spiro atoms. The number of hydrogen-bond acceptors (Lipinski definition) is 3. The molecule has 0 heterocycles. The van der Waals surface area contributed by atoms with Crippen molar-refractivity contribution in [3.8, 4) is 0 Å². The summed E-state index contributed by atoms with van der Waals surface area (Å²) in [7, 11) is 0. The highest BCUT2D eigenvalue weighted by Crippen LogP contribution is 2.27. The predicted molar refractivity (Wildman–Crippen MR) is 76.6 cm³/mol. The van der Waals surface area contributed by atoms with Crippen LogP contribution < -0.4 is 11.1 Å². The number of nitrogens with two attached hydrogens (primary N) is 1. The Bertz CT molecular complexity index is 502. The van der Waals surface area contributed by atoms with Crippen LogP contribution in [0.3, 0.4) is 0 Å². The van der Waals surface area contributed by atoms with E-state index in [4.69, 9.17) is 5.73 Å². The third-order valence-corrected chi connectivity index (χ3v) is 3.87. The minimum Gasteiger partial charge on any atom is -0.481 e. The molecule has 2 rings (SSSR count). The van der Waals surface area contributed by atoms with Crippen molar-refractivity contribution >= 4 is 17.6 Å². The fourth-order valence-electron chi connectivity index (χ4n) is 2.80. The van der Waals surface area contributed by atoms with Crippen LogP contribution in [0.4, 0.5) is 5.69 Å². The zero-order valence-electron chi connectivity index (χ0n) is 11.3. The molecule has 5 heteroatoms. The second-order valence-electron chi connectivity index (χ2n) is 5.24. The number of aliphatic carboxylic acids is 1. The van der Waals surface area contributed by atoms with Crippen molar-refractivity contribution in [3.63, 3.8) is 0 Å². The first-order chi connectivity index (χ1) is 9.59. The van der Waals surface area contributed by atoms with Crippen molar-refractivity contribution in [1.82, 2.24) is 0 Å². The van der Waals surface area contributed by atoms with E-state index in [2.05, 4.69) is 5.32 Å². The number of rotatable bonds is 4. The topological polar surface area (TPSA) is 92.4 Å². The Hall–Kier alpha value is -2.04. The lowest BCUT2D eigenvalue weighted by Gasteiger charge is -2.24. The maximum absolute atomic E-state index is 11.4. The summed E-state index contributed by atoms with van der Waals surface area (Å²) >= 11 is 0. The van der Waals surface area contributed by atoms with Gasteiger partial charge in [0, 0.05) is 11.7 Å². The Kier molecular flexibility index (Phi) is 4.61. The zero-order chi connectivity index (χ0) is 14.5. The highest BCUT2D eigenvalue weighted by molar-refractivity contribution is 5.98. The van der Waals surface area contributed by atoms with Crippen LogP contribution in [0, 0.1) is 5.92 Å². The number of amides is 1. The monoisotopic (exact) mass is 276 g/mol. The van der Waals surface area contributed by atoms with E-state index in [1.54, 1.807) is 24.3 Å². The second-order valence-corrected chi connectivity index (χ2v) is 5.24. The van der Waals surface area contributed by atoms with Gasteiger partial charge in [0.05, 0.1) is 11.5 Å². The quantitative estimate of drug-likeness (QED) is 0.735. The van der Waals surface area contributed by atoms with E-state index in [0.717, 1.165) is 25.7 Å². The van der Waals surface area contributed by atoms with E-state index >= 15 is 0 Å². The molecule has 1 aliphatic carbocycles. The molecule has 0 aliphatic heterocycles. The van der Waals surface area contributed by atoms with Gasteiger partial charge in [-0.15, -0.1) is 0 Å². The Morgan fingerprint density at radius 3 is 2.55 bits per heavy atom. The van der Waals surface area contributed by atoms with Crippen molar-refractivity contribution in [1.29, 1.82) is 0 Å². The standard InChI is InChI=1S/C15H20N2O3/c16-14(18)10-6-4-5-9-12(10)17-13-8-3-1-2-7-11(13)15(19)20/h4-6,9,11,13,17H,1-3,7-8H2,(H2,16,18)(H,19,20). The van der Waals surface area contributed by atoms with E-state index in [0.29, 0.717) is 17.7 Å². The maximum Gasteiger partial charge on any atom is 0.308 e. The molecule has 5 nitrogen and oxygen atoms in total. The Morgan fingerprint density at radius 1 is 1.15 bits per heavy atom. The van der Waals surface area contributed by atoms with Gasteiger partial charge < -0.3 is 16.2 Å². The summed E-state index contributed by atoms with van der Waals surface area (Å²) in [5.74, 6) is -1.70. The Labute approximate surface area is 118 Å². The first kappa shape index (κ1) is 14.4. The van der Waals surface area contributed by atoms with Crippen LogP contribution in [0.2, 0.25) is 0 Å². The first-order valence-electron chi connectivity index (χ1n) is 6.98. The van der Waals surface area contributed by atoms with E-state index in [9.17, 15) is 14.7 Å². The average molecular weight is 276 g/mol. The minimum atomic E-state index is -0.777. The minimum absolute atomic E-state index is 0.157. The van der Waals surface area contributed by atoms with E-state index in [1.807, 2.05) is 0 Å². The van der Waals surface area contributed by atoms with Gasteiger partial charge in [-0.05, 0) is 25.0 Å². The number of hydrogen-bond donors (Lipinski definition) is 3. The molecular formula is C15H20N2O3. The molecule has 1 aliphatic rings. The smallest absolute Gasteiger partial charge is 0.308 e. The molecule has 20 heavy (non-hydrogen) atoms. The number of para-hydroxylation sites is 1. The number of carboxylic acids is 1. The highest BCUT2D eigenvalue weighted by Gasteiger charge is 2.29. The summed E-state index contributed by atoms with van der Waals surface area (Å²) in [6.45, 7) is 0. The lowest BCUT2D eigenvalue weighted by molar-refractivity contribution is -0.142. The molecule has 0 aromatic heterocycles. The van der Waals surface area contributed by atoms with Crippen molar-refractivity contribution in [2.24, 2.45) is 11.7 Å². The molecular weight excluding hydrogens is 256 g/mol. The molecule has 1 amide bonds. The third-order valence-electron chi connectivity index (χ3n) is 3.87. The maximum atomic E-state index is 11.4. The van der Waals surface area contributed by atoms with Crippen LogP contribution in [-0.2, 0) is 4.79 Å². The van der Waals surface area contributed by atoms with Crippen LogP contribution in [-0.4, -0.2) is 23.0 Å². The number of nitrogens with one attached hydrogen (secondary N) is 1. The molecule has 0 saturated heterocycles. The van der Waals surface area contributed by atoms with Crippen molar-refractivity contribution in [2.45, 2.75) is 38.1 Å². The summed E-state index contributed by atoms with van der Waals surface area (Å²) < 4.78 is 0. The van der Waals surface area contributed by atoms with Gasteiger partial charge in [-0.1, -0.05) is 31.4 Å². The van der Waals surface area contributed by atoms with Crippen LogP contribution in [0.15, 0.2) is 24.3 Å². The van der Waals surface area contributed by atoms with Crippen LogP contribution in [0.1, 0.15) is 42.5 Å². The predicted octanol–water partition coefficient (Wildman–Crippen LogP) is 2.23. The number of benzene rings is 1. The molecule has 1 saturated carbocycles. The van der Waals surface area contributed by atoms with Gasteiger partial charge in [-0.2, -0.15) is 0 Å². The number of carbonyl (C=O) groups excluding carboxylic acids is 1. The molecule has 1 aromatic carbocycles. The summed E-state index contributed by atoms with van der Waals surface area (Å²) in [5, 5.41) is 12.6. The second kappa shape index (κ2) is 6.41. The van der Waals surface area contributed by atoms with Crippen LogP contribution in [0.25, 0.3) is 0 Å². The summed E-state index contributed by atoms with van der Waals surface area (Å²) in [6, 6.07) is 6.81. The van der Waals surface area contributed by atoms with Crippen LogP contribution in [0.5, 0.6) is 0 Å². The largest absolute Gasteiger partial charge is 0.481 e. The number of carbonyl (C=O) groups is 2. The van der Waals surface area contributed by atoms with Gasteiger partial charge in [-0.3, -0.25) is 9.59 Å². The van der Waals surface area contributed by atoms with Crippen LogP contribution >= 0.6 is 0 Å². The Balaban J connectivity index is 2.22. The molecule has 108 valence electrons. The fourth-order valence-corrected chi connectivity index (χ4v) is 2.80. The summed E-state index contributed by atoms with van der Waals surface area (Å²) in [6.07, 6.45) is 4.46. The van der Waals surface area contributed by atoms with Crippen molar-refractivity contribution in [2.75, 3.05) is 5.32 Å². The van der Waals surface area contributed by atoms with Gasteiger partial charge in [0.2, 0.25) is 0 Å². The summed E-state index contributed by atoms with van der Waals surface area (Å²) in [5.41, 5.74) is 6.38. The fraction of sp³-hybridized carbons (Fsp3) is 0.467. The first-order valence-corrected chi connectivity index (χ1v) is 6.98. The van der Waals surface area contributed by atoms with Gasteiger partial charge in [0.15, 0.2) is 0 Å². The lowest BCUT2D eigenvalue weighted by Crippen LogP contribution is -2.34. The molecule has 4 N–H and O–H groups in total. The van der Waals surface area contributed by atoms with Crippen molar-refractivity contribution in [3.05, 3.63) is 29.8 Å². The van der Waals surface area contributed by atoms with Gasteiger partial charge in [-0.25, -0.2) is 0 Å². The molecule has 2 unspecified atom stereocenters. The molecule has 0 bridgehead atoms. The third kappa shape index (κ3) is 3.29. The number of carboxylic acid groups (broad SMARTS) is 1. The molecule has 2 atom stereocenters. The van der Waals surface area contributed by atoms with E-state index in [-0.39, 0.29) is 6.04 Å². The van der Waals surface area contributed by atoms with Gasteiger partial charge in [0.25, 0.3) is 5.91 Å². The van der Waals surface area contributed by atoms with Crippen molar-refractivity contribution < 1.29 is 14.7 Å². The highest BCUT2D eigenvalue weighted by atomic mass is 16.4.